The third kappa shape index (κ3) is 1.79. The molecule has 10 nitrogen and oxygen atoms in total. The first-order valence-corrected chi connectivity index (χ1v) is 13.8. The number of allylic oxidation sites excluding steroid dienone is 1. The van der Waals surface area contributed by atoms with Crippen molar-refractivity contribution in [2.45, 2.75) is 93.3 Å². The maximum atomic E-state index is 14.9. The molecule has 9 rings (SSSR count). The molecule has 5 unspecified atom stereocenters. The highest BCUT2D eigenvalue weighted by molar-refractivity contribution is 6.00. The van der Waals surface area contributed by atoms with Gasteiger partial charge in [-0.25, -0.2) is 4.79 Å². The van der Waals surface area contributed by atoms with E-state index in [4.69, 9.17) is 23.7 Å². The van der Waals surface area contributed by atoms with Crippen molar-refractivity contribution in [1.29, 1.82) is 0 Å². The Morgan fingerprint density at radius 2 is 1.84 bits per heavy atom. The van der Waals surface area contributed by atoms with E-state index in [0.29, 0.717) is 12.8 Å². The summed E-state index contributed by atoms with van der Waals surface area (Å²) in [6.45, 7) is 5.27. The molecule has 9 aliphatic rings. The van der Waals surface area contributed by atoms with Gasteiger partial charge in [-0.3, -0.25) is 14.4 Å². The van der Waals surface area contributed by atoms with Crippen molar-refractivity contribution in [3.8, 4) is 0 Å². The van der Waals surface area contributed by atoms with Crippen LogP contribution in [0.4, 0.5) is 0 Å². The molecule has 0 amide bonds. The SMILES string of the molecule is C[C@@]12C[C@H]3OC(=O)[C@@H]1CO[C@]14O[C@]5(C2C1=O)[C@@](O)(CCC1C4CC2OC24CC=CC(=O)[C@]14C)C(=O)O[C@@]35C. The average molecular weight is 527 g/mol. The summed E-state index contributed by atoms with van der Waals surface area (Å²) in [4.78, 5) is 55.6. The minimum absolute atomic E-state index is 0.0583. The van der Waals surface area contributed by atoms with Gasteiger partial charge in [0.15, 0.2) is 28.4 Å². The molecule has 5 bridgehead atoms. The van der Waals surface area contributed by atoms with E-state index in [9.17, 15) is 24.3 Å². The summed E-state index contributed by atoms with van der Waals surface area (Å²) < 4.78 is 31.5. The first-order chi connectivity index (χ1) is 17.9. The Bertz CT molecular complexity index is 1340. The number of hydrogen-bond acceptors (Lipinski definition) is 10. The van der Waals surface area contributed by atoms with Crippen molar-refractivity contribution in [1.82, 2.24) is 0 Å². The van der Waals surface area contributed by atoms with Crippen LogP contribution in [0.1, 0.15) is 52.9 Å². The molecule has 38 heavy (non-hydrogen) atoms. The third-order valence-electron chi connectivity index (χ3n) is 12.9. The minimum Gasteiger partial charge on any atom is -0.458 e. The fourth-order valence-corrected chi connectivity index (χ4v) is 10.9. The van der Waals surface area contributed by atoms with E-state index >= 15 is 0 Å². The van der Waals surface area contributed by atoms with Crippen molar-refractivity contribution in [2.24, 2.45) is 34.5 Å². The van der Waals surface area contributed by atoms with E-state index in [-0.39, 0.29) is 43.5 Å². The van der Waals surface area contributed by atoms with Crippen LogP contribution in [0.25, 0.3) is 0 Å². The summed E-state index contributed by atoms with van der Waals surface area (Å²) >= 11 is 0. The van der Waals surface area contributed by atoms with Crippen molar-refractivity contribution in [3.05, 3.63) is 12.2 Å². The lowest BCUT2D eigenvalue weighted by molar-refractivity contribution is -0.375. The van der Waals surface area contributed by atoms with Gasteiger partial charge in [-0.1, -0.05) is 13.0 Å². The first kappa shape index (κ1) is 22.7. The number of Topliss-reactive ketones (excluding diaryl/α,β-unsaturated/α-hetero) is 1. The average Bonchev–Trinajstić information content (AvgIpc) is 3.45. The molecule has 8 fully saturated rings. The van der Waals surface area contributed by atoms with E-state index in [1.165, 1.54) is 0 Å². The Kier molecular flexibility index (Phi) is 3.47. The topological polar surface area (TPSA) is 138 Å². The van der Waals surface area contributed by atoms with E-state index in [0.717, 1.165) is 0 Å². The highest BCUT2D eigenvalue weighted by Gasteiger charge is 2.94. The smallest absolute Gasteiger partial charge is 0.342 e. The highest BCUT2D eigenvalue weighted by atomic mass is 16.8. The molecule has 1 N–H and O–H groups in total. The van der Waals surface area contributed by atoms with Crippen LogP contribution >= 0.6 is 0 Å². The normalized spacial score (nSPS) is 64.1. The van der Waals surface area contributed by atoms with Crippen LogP contribution in [0.15, 0.2) is 12.2 Å². The van der Waals surface area contributed by atoms with Crippen molar-refractivity contribution in [3.63, 3.8) is 0 Å². The third-order valence-corrected chi connectivity index (χ3v) is 12.9. The number of ketones is 2. The number of carbonyl (C=O) groups is 4. The number of fused-ring (bicyclic) bond motifs is 4. The van der Waals surface area contributed by atoms with Gasteiger partial charge in [0.2, 0.25) is 5.79 Å². The number of aliphatic hydroxyl groups is 1. The van der Waals surface area contributed by atoms with Crippen LogP contribution in [0.5, 0.6) is 0 Å². The molecule has 0 aromatic heterocycles. The standard InChI is InChI=1S/C28H30O10/c1-22-10-17-24(3)28-18(22)19(30)27(38-28,34-11-14(22)20(31)35-17)13-9-16-26(36-16)7-4-5-15(29)23(26,2)12(13)6-8-25(28,33)21(32)37-24/h4-5,12-14,16-18,33H,6-11H2,1-3H3/t12?,13?,14-,16?,17+,18?,22+,23-,24-,25+,26?,27+,28-/m0/s1. The zero-order valence-electron chi connectivity index (χ0n) is 21.5. The molecule has 3 aliphatic carbocycles. The lowest BCUT2D eigenvalue weighted by Crippen LogP contribution is -2.79. The molecule has 6 saturated heterocycles. The van der Waals surface area contributed by atoms with E-state index in [2.05, 4.69) is 0 Å². The van der Waals surface area contributed by atoms with Gasteiger partial charge in [0, 0.05) is 5.92 Å². The zero-order chi connectivity index (χ0) is 26.5. The Labute approximate surface area is 218 Å². The molecule has 202 valence electrons. The van der Waals surface area contributed by atoms with Crippen LogP contribution in [-0.2, 0) is 42.9 Å². The maximum absolute atomic E-state index is 14.9. The predicted molar refractivity (Wildman–Crippen MR) is 122 cm³/mol. The quantitative estimate of drug-likeness (QED) is 0.356. The summed E-state index contributed by atoms with van der Waals surface area (Å²) in [5.41, 5.74) is -8.23. The molecule has 0 aromatic rings. The Hall–Kier alpha value is -2.14. The second kappa shape index (κ2) is 5.82. The number of carbonyl (C=O) groups excluding carboxylic acids is 4. The fourth-order valence-electron chi connectivity index (χ4n) is 10.9. The number of epoxide rings is 1. The van der Waals surface area contributed by atoms with Gasteiger partial charge in [0.25, 0.3) is 0 Å². The number of hydrogen-bond donors (Lipinski definition) is 1. The number of esters is 2. The summed E-state index contributed by atoms with van der Waals surface area (Å²) in [5, 5.41) is 12.4. The van der Waals surface area contributed by atoms with Crippen LogP contribution in [0, 0.1) is 34.5 Å². The summed E-state index contributed by atoms with van der Waals surface area (Å²) in [7, 11) is 0. The van der Waals surface area contributed by atoms with E-state index in [1.807, 2.05) is 19.9 Å². The van der Waals surface area contributed by atoms with E-state index in [1.54, 1.807) is 13.0 Å². The largest absolute Gasteiger partial charge is 0.458 e. The molecule has 2 saturated carbocycles. The molecular formula is C28H30O10. The second-order valence-electron chi connectivity index (χ2n) is 13.8. The highest BCUT2D eigenvalue weighted by Crippen LogP contribution is 2.77. The minimum atomic E-state index is -2.19. The Morgan fingerprint density at radius 3 is 2.63 bits per heavy atom. The van der Waals surface area contributed by atoms with Gasteiger partial charge >= 0.3 is 11.9 Å². The molecule has 13 atom stereocenters. The summed E-state index contributed by atoms with van der Waals surface area (Å²) in [6, 6.07) is 0. The van der Waals surface area contributed by atoms with Crippen LogP contribution < -0.4 is 0 Å². The maximum Gasteiger partial charge on any atom is 0.342 e. The lowest BCUT2D eigenvalue weighted by atomic mass is 9.46. The fraction of sp³-hybridized carbons (Fsp3) is 0.786. The van der Waals surface area contributed by atoms with Gasteiger partial charge < -0.3 is 28.8 Å². The molecule has 10 heteroatoms. The van der Waals surface area contributed by atoms with Crippen molar-refractivity contribution in [2.75, 3.05) is 6.61 Å². The monoisotopic (exact) mass is 526 g/mol. The lowest BCUT2D eigenvalue weighted by Gasteiger charge is -2.63. The molecule has 6 heterocycles. The van der Waals surface area contributed by atoms with Gasteiger partial charge in [-0.2, -0.15) is 0 Å². The van der Waals surface area contributed by atoms with Gasteiger partial charge in [0.05, 0.1) is 30.0 Å². The first-order valence-electron chi connectivity index (χ1n) is 13.8. The summed E-state index contributed by atoms with van der Waals surface area (Å²) in [5.74, 6) is -6.56. The van der Waals surface area contributed by atoms with Crippen LogP contribution in [0.3, 0.4) is 0 Å². The van der Waals surface area contributed by atoms with Crippen LogP contribution in [-0.4, -0.2) is 75.6 Å². The summed E-state index contributed by atoms with van der Waals surface area (Å²) in [6.07, 6.45) is 3.82. The molecule has 0 radical (unpaired) electrons. The van der Waals surface area contributed by atoms with Crippen molar-refractivity contribution >= 4 is 23.5 Å². The van der Waals surface area contributed by atoms with Gasteiger partial charge in [-0.05, 0) is 63.4 Å². The molecular weight excluding hydrogens is 496 g/mol. The Balaban J connectivity index is 1.34. The Morgan fingerprint density at radius 1 is 1.05 bits per heavy atom. The van der Waals surface area contributed by atoms with Crippen LogP contribution in [0.2, 0.25) is 0 Å². The predicted octanol–water partition coefficient (Wildman–Crippen LogP) is 0.768. The second-order valence-corrected chi connectivity index (χ2v) is 13.8. The molecule has 0 aromatic carbocycles. The van der Waals surface area contributed by atoms with E-state index < -0.39 is 80.7 Å². The number of rotatable bonds is 0. The zero-order valence-corrected chi connectivity index (χ0v) is 21.5. The van der Waals surface area contributed by atoms with Gasteiger partial charge in [0.1, 0.15) is 11.7 Å². The number of ether oxygens (including phenoxy) is 5. The van der Waals surface area contributed by atoms with Crippen molar-refractivity contribution < 1.29 is 48.0 Å². The molecule has 6 aliphatic heterocycles. The molecule has 3 spiro atoms. The van der Waals surface area contributed by atoms with Gasteiger partial charge in [-0.15, -0.1) is 0 Å².